The second kappa shape index (κ2) is 6.38. The van der Waals surface area contributed by atoms with Gasteiger partial charge in [-0.15, -0.1) is 11.3 Å². The molecule has 0 saturated carbocycles. The van der Waals surface area contributed by atoms with E-state index in [-0.39, 0.29) is 5.82 Å². The number of methoxy groups -OCH3 is 1. The summed E-state index contributed by atoms with van der Waals surface area (Å²) in [6.07, 6.45) is 0.684. The first kappa shape index (κ1) is 14.3. The summed E-state index contributed by atoms with van der Waals surface area (Å²) in [5.74, 6) is -0.679. The highest BCUT2D eigenvalue weighted by Gasteiger charge is 2.14. The van der Waals surface area contributed by atoms with Crippen LogP contribution in [-0.2, 0) is 11.2 Å². The molecule has 1 aromatic carbocycles. The van der Waals surface area contributed by atoms with Crippen LogP contribution in [0.4, 0.5) is 15.1 Å². The molecule has 4 nitrogen and oxygen atoms in total. The van der Waals surface area contributed by atoms with Gasteiger partial charge in [0.25, 0.3) is 0 Å². The maximum atomic E-state index is 13.0. The maximum absolute atomic E-state index is 13.0. The van der Waals surface area contributed by atoms with E-state index in [1.807, 2.05) is 6.07 Å². The summed E-state index contributed by atoms with van der Waals surface area (Å²) in [6, 6.07) is 8.17. The maximum Gasteiger partial charge on any atom is 0.350 e. The van der Waals surface area contributed by atoms with E-state index in [4.69, 9.17) is 5.73 Å². The van der Waals surface area contributed by atoms with Crippen molar-refractivity contribution in [1.29, 1.82) is 0 Å². The van der Waals surface area contributed by atoms with Gasteiger partial charge in [-0.2, -0.15) is 0 Å². The standard InChI is InChI=1S/C14H15FN2O2S/c1-19-14(18)13-11(16)8-12(20-13)17-6-5-9-3-2-4-10(15)7-9/h2-4,7-8,17H,5-6,16H2,1H3. The van der Waals surface area contributed by atoms with Gasteiger partial charge in [0.2, 0.25) is 0 Å². The third kappa shape index (κ3) is 3.48. The van der Waals surface area contributed by atoms with Crippen LogP contribution >= 0.6 is 11.3 Å². The SMILES string of the molecule is COC(=O)c1sc(NCCc2cccc(F)c2)cc1N. The number of nitrogens with one attached hydrogen (secondary N) is 1. The number of nitrogen functional groups attached to an aromatic ring is 1. The van der Waals surface area contributed by atoms with Crippen molar-refractivity contribution in [2.24, 2.45) is 0 Å². The van der Waals surface area contributed by atoms with Gasteiger partial charge in [0.05, 0.1) is 17.8 Å². The Morgan fingerprint density at radius 3 is 2.95 bits per heavy atom. The smallest absolute Gasteiger partial charge is 0.350 e. The highest BCUT2D eigenvalue weighted by molar-refractivity contribution is 7.18. The lowest BCUT2D eigenvalue weighted by Crippen LogP contribution is -2.03. The van der Waals surface area contributed by atoms with Crippen molar-refractivity contribution in [1.82, 2.24) is 0 Å². The number of rotatable bonds is 5. The lowest BCUT2D eigenvalue weighted by molar-refractivity contribution is 0.0607. The molecule has 0 atom stereocenters. The van der Waals surface area contributed by atoms with Gasteiger partial charge < -0.3 is 15.8 Å². The number of thiophene rings is 1. The third-order valence-electron chi connectivity index (χ3n) is 2.73. The lowest BCUT2D eigenvalue weighted by atomic mass is 10.1. The molecule has 0 bridgehead atoms. The molecule has 0 unspecified atom stereocenters. The first-order valence-electron chi connectivity index (χ1n) is 6.06. The topological polar surface area (TPSA) is 64.3 Å². The summed E-state index contributed by atoms with van der Waals surface area (Å²) in [5.41, 5.74) is 7.05. The molecule has 106 valence electrons. The third-order valence-corrected chi connectivity index (χ3v) is 3.82. The van der Waals surface area contributed by atoms with Crippen LogP contribution in [0.2, 0.25) is 0 Å². The summed E-state index contributed by atoms with van der Waals surface area (Å²) in [5, 5.41) is 3.95. The van der Waals surface area contributed by atoms with Crippen molar-refractivity contribution < 1.29 is 13.9 Å². The van der Waals surface area contributed by atoms with Gasteiger partial charge in [-0.3, -0.25) is 0 Å². The number of anilines is 2. The molecule has 2 rings (SSSR count). The number of carbonyl (C=O) groups excluding carboxylic acids is 1. The van der Waals surface area contributed by atoms with Crippen molar-refractivity contribution in [2.75, 3.05) is 24.7 Å². The molecule has 0 aliphatic rings. The Hall–Kier alpha value is -2.08. The molecular formula is C14H15FN2O2S. The Labute approximate surface area is 120 Å². The normalized spacial score (nSPS) is 10.3. The zero-order chi connectivity index (χ0) is 14.5. The van der Waals surface area contributed by atoms with Crippen LogP contribution in [0.25, 0.3) is 0 Å². The van der Waals surface area contributed by atoms with E-state index in [1.165, 1.54) is 30.6 Å². The Morgan fingerprint density at radius 2 is 2.25 bits per heavy atom. The van der Waals surface area contributed by atoms with Crippen LogP contribution in [0.5, 0.6) is 0 Å². The minimum absolute atomic E-state index is 0.240. The minimum Gasteiger partial charge on any atom is -0.465 e. The van der Waals surface area contributed by atoms with E-state index in [1.54, 1.807) is 12.1 Å². The minimum atomic E-state index is -0.439. The van der Waals surface area contributed by atoms with E-state index in [0.717, 1.165) is 10.6 Å². The van der Waals surface area contributed by atoms with E-state index in [0.29, 0.717) is 23.5 Å². The number of hydrogen-bond acceptors (Lipinski definition) is 5. The molecule has 0 aliphatic carbocycles. The molecule has 20 heavy (non-hydrogen) atoms. The first-order valence-corrected chi connectivity index (χ1v) is 6.87. The first-order chi connectivity index (χ1) is 9.60. The monoisotopic (exact) mass is 294 g/mol. The van der Waals surface area contributed by atoms with E-state index in [9.17, 15) is 9.18 Å². The quantitative estimate of drug-likeness (QED) is 0.832. The number of carbonyl (C=O) groups is 1. The van der Waals surface area contributed by atoms with Gasteiger partial charge in [0.15, 0.2) is 0 Å². The zero-order valence-electron chi connectivity index (χ0n) is 11.0. The molecule has 1 heterocycles. The zero-order valence-corrected chi connectivity index (χ0v) is 11.8. The summed E-state index contributed by atoms with van der Waals surface area (Å²) < 4.78 is 17.7. The predicted octanol–water partition coefficient (Wildman–Crippen LogP) is 2.91. The molecule has 0 spiro atoms. The summed E-state index contributed by atoms with van der Waals surface area (Å²) in [6.45, 7) is 0.629. The van der Waals surface area contributed by atoms with Crippen molar-refractivity contribution in [3.05, 3.63) is 46.6 Å². The predicted molar refractivity (Wildman–Crippen MR) is 78.7 cm³/mol. The van der Waals surface area contributed by atoms with E-state index >= 15 is 0 Å². The fourth-order valence-corrected chi connectivity index (χ4v) is 2.69. The summed E-state index contributed by atoms with van der Waals surface area (Å²) in [7, 11) is 1.32. The summed E-state index contributed by atoms with van der Waals surface area (Å²) >= 11 is 1.25. The van der Waals surface area contributed by atoms with Gasteiger partial charge in [-0.25, -0.2) is 9.18 Å². The number of esters is 1. The van der Waals surface area contributed by atoms with Crippen LogP contribution in [0.3, 0.4) is 0 Å². The van der Waals surface area contributed by atoms with Gasteiger partial charge >= 0.3 is 5.97 Å². The van der Waals surface area contributed by atoms with Crippen LogP contribution in [0.15, 0.2) is 30.3 Å². The van der Waals surface area contributed by atoms with E-state index < -0.39 is 5.97 Å². The fourth-order valence-electron chi connectivity index (χ4n) is 1.77. The summed E-state index contributed by atoms with van der Waals surface area (Å²) in [4.78, 5) is 11.8. The average Bonchev–Trinajstić information content (AvgIpc) is 2.79. The molecule has 2 aromatic rings. The number of benzene rings is 1. The van der Waals surface area contributed by atoms with Gasteiger partial charge in [-0.05, 0) is 30.2 Å². The van der Waals surface area contributed by atoms with Crippen LogP contribution in [0.1, 0.15) is 15.2 Å². The molecule has 0 saturated heterocycles. The molecule has 6 heteroatoms. The van der Waals surface area contributed by atoms with Gasteiger partial charge in [0, 0.05) is 6.54 Å². The Balaban J connectivity index is 1.93. The van der Waals surface area contributed by atoms with Gasteiger partial charge in [-0.1, -0.05) is 12.1 Å². The van der Waals surface area contributed by atoms with Crippen LogP contribution < -0.4 is 11.1 Å². The molecule has 1 aromatic heterocycles. The Kier molecular flexibility index (Phi) is 4.57. The van der Waals surface area contributed by atoms with Gasteiger partial charge in [0.1, 0.15) is 10.7 Å². The van der Waals surface area contributed by atoms with Crippen LogP contribution in [0, 0.1) is 5.82 Å². The Bertz CT molecular complexity index is 613. The fraction of sp³-hybridized carbons (Fsp3) is 0.214. The molecule has 0 amide bonds. The van der Waals surface area contributed by atoms with Crippen molar-refractivity contribution in [3.63, 3.8) is 0 Å². The van der Waals surface area contributed by atoms with Crippen LogP contribution in [-0.4, -0.2) is 19.6 Å². The number of nitrogens with two attached hydrogens (primary N) is 1. The van der Waals surface area contributed by atoms with Crippen molar-refractivity contribution in [2.45, 2.75) is 6.42 Å². The van der Waals surface area contributed by atoms with E-state index in [2.05, 4.69) is 10.1 Å². The Morgan fingerprint density at radius 1 is 1.45 bits per heavy atom. The molecule has 0 fully saturated rings. The van der Waals surface area contributed by atoms with Crippen molar-refractivity contribution >= 4 is 28.0 Å². The largest absolute Gasteiger partial charge is 0.465 e. The molecular weight excluding hydrogens is 279 g/mol. The number of hydrogen-bond donors (Lipinski definition) is 2. The number of halogens is 1. The second-order valence-electron chi connectivity index (χ2n) is 4.19. The average molecular weight is 294 g/mol. The molecule has 0 radical (unpaired) electrons. The second-order valence-corrected chi connectivity index (χ2v) is 5.25. The molecule has 0 aliphatic heterocycles. The molecule has 3 N–H and O–H groups in total. The lowest BCUT2D eigenvalue weighted by Gasteiger charge is -2.03. The van der Waals surface area contributed by atoms with Crippen molar-refractivity contribution in [3.8, 4) is 0 Å². The highest BCUT2D eigenvalue weighted by Crippen LogP contribution is 2.29. The highest BCUT2D eigenvalue weighted by atomic mass is 32.1. The number of ether oxygens (including phenoxy) is 1.